The second-order valence-corrected chi connectivity index (χ2v) is 11.3. The predicted octanol–water partition coefficient (Wildman–Crippen LogP) is 4.37. The molecule has 160 valence electrons. The number of rotatable bonds is 6. The van der Waals surface area contributed by atoms with E-state index < -0.39 is 0 Å². The van der Waals surface area contributed by atoms with Crippen LogP contribution >= 0.6 is 23.5 Å². The van der Waals surface area contributed by atoms with Crippen molar-refractivity contribution in [3.8, 4) is 0 Å². The molecule has 0 saturated heterocycles. The molecule has 3 fully saturated rings. The molecule has 2 amide bonds. The van der Waals surface area contributed by atoms with Gasteiger partial charge < -0.3 is 10.6 Å². The molecule has 0 aromatic rings. The monoisotopic (exact) mass is 426 g/mol. The van der Waals surface area contributed by atoms with Gasteiger partial charge in [0.1, 0.15) is 0 Å². The van der Waals surface area contributed by atoms with E-state index in [2.05, 4.69) is 23.1 Å². The van der Waals surface area contributed by atoms with Crippen LogP contribution in [-0.2, 0) is 9.59 Å². The van der Waals surface area contributed by atoms with Gasteiger partial charge in [-0.25, -0.2) is 0 Å². The summed E-state index contributed by atoms with van der Waals surface area (Å²) in [6.07, 6.45) is 17.2. The molecule has 3 aliphatic carbocycles. The lowest BCUT2D eigenvalue weighted by atomic mass is 9.85. The molecule has 3 aliphatic rings. The number of carbonyl (C=O) groups excluding carboxylic acids is 2. The van der Waals surface area contributed by atoms with E-state index >= 15 is 0 Å². The normalized spacial score (nSPS) is 36.5. The first kappa shape index (κ1) is 22.3. The molecule has 0 spiro atoms. The lowest BCUT2D eigenvalue weighted by Crippen LogP contribution is -2.47. The van der Waals surface area contributed by atoms with Crippen molar-refractivity contribution in [2.45, 2.75) is 99.6 Å². The van der Waals surface area contributed by atoms with E-state index in [1.165, 1.54) is 25.7 Å². The summed E-state index contributed by atoms with van der Waals surface area (Å²) in [7, 11) is 0. The summed E-state index contributed by atoms with van der Waals surface area (Å²) in [4.78, 5) is 25.2. The van der Waals surface area contributed by atoms with Crippen LogP contribution in [-0.4, -0.2) is 46.9 Å². The first-order valence-corrected chi connectivity index (χ1v) is 13.8. The lowest BCUT2D eigenvalue weighted by Gasteiger charge is -2.33. The highest BCUT2D eigenvalue weighted by Crippen LogP contribution is 2.32. The Bertz CT molecular complexity index is 461. The molecular weight excluding hydrogens is 388 g/mol. The van der Waals surface area contributed by atoms with Crippen LogP contribution in [0.3, 0.4) is 0 Å². The van der Waals surface area contributed by atoms with Gasteiger partial charge in [0, 0.05) is 34.4 Å². The summed E-state index contributed by atoms with van der Waals surface area (Å²) in [5.74, 6) is 0.990. The smallest absolute Gasteiger partial charge is 0.223 e. The molecule has 0 heterocycles. The zero-order valence-corrected chi connectivity index (χ0v) is 19.2. The van der Waals surface area contributed by atoms with Gasteiger partial charge in [0.15, 0.2) is 0 Å². The van der Waals surface area contributed by atoms with E-state index in [1.54, 1.807) is 0 Å². The summed E-state index contributed by atoms with van der Waals surface area (Å²) in [5, 5.41) is 8.12. The third-order valence-electron chi connectivity index (χ3n) is 7.18. The van der Waals surface area contributed by atoms with Gasteiger partial charge >= 0.3 is 0 Å². The van der Waals surface area contributed by atoms with E-state index in [1.807, 2.05) is 23.5 Å². The largest absolute Gasteiger partial charge is 0.353 e. The van der Waals surface area contributed by atoms with Crippen LogP contribution in [0.2, 0.25) is 0 Å². The first-order chi connectivity index (χ1) is 13.6. The molecule has 0 unspecified atom stereocenters. The highest BCUT2D eigenvalue weighted by atomic mass is 32.2. The predicted molar refractivity (Wildman–Crippen MR) is 121 cm³/mol. The molecular formula is C22H38N2O2S2. The minimum absolute atomic E-state index is 0.220. The number of thioether (sulfide) groups is 2. The molecule has 0 atom stereocenters. The Hall–Kier alpha value is -0.360. The summed E-state index contributed by atoms with van der Waals surface area (Å²) in [5.41, 5.74) is 0. The molecule has 2 N–H and O–H groups in total. The van der Waals surface area contributed by atoms with E-state index in [9.17, 15) is 9.59 Å². The number of carbonyl (C=O) groups is 2. The average molecular weight is 427 g/mol. The van der Waals surface area contributed by atoms with Crippen LogP contribution in [0.4, 0.5) is 0 Å². The minimum atomic E-state index is 0.220. The van der Waals surface area contributed by atoms with Crippen LogP contribution in [0.5, 0.6) is 0 Å². The van der Waals surface area contributed by atoms with Crippen LogP contribution in [0.15, 0.2) is 0 Å². The highest BCUT2D eigenvalue weighted by Gasteiger charge is 2.31. The maximum Gasteiger partial charge on any atom is 0.223 e. The zero-order valence-electron chi connectivity index (χ0n) is 17.6. The van der Waals surface area contributed by atoms with Crippen molar-refractivity contribution < 1.29 is 9.59 Å². The zero-order chi connectivity index (χ0) is 19.9. The summed E-state index contributed by atoms with van der Waals surface area (Å²) < 4.78 is 0. The quantitative estimate of drug-likeness (QED) is 0.662. The van der Waals surface area contributed by atoms with E-state index in [0.717, 1.165) is 61.9 Å². The van der Waals surface area contributed by atoms with Gasteiger partial charge in [-0.3, -0.25) is 9.59 Å². The summed E-state index contributed by atoms with van der Waals surface area (Å²) in [6, 6.07) is 0.604. The molecule has 0 radical (unpaired) electrons. The van der Waals surface area contributed by atoms with Crippen LogP contribution in [0.25, 0.3) is 0 Å². The minimum Gasteiger partial charge on any atom is -0.353 e. The fourth-order valence-corrected chi connectivity index (χ4v) is 6.63. The SMILES string of the molecule is CSC1CCC(C(=O)NC2CCC(NC(=O)C3CCC(SC)CC3)CC2)CC1. The van der Waals surface area contributed by atoms with Gasteiger partial charge in [-0.05, 0) is 89.6 Å². The number of nitrogens with one attached hydrogen (secondary N) is 2. The molecule has 0 aromatic heterocycles. The molecule has 28 heavy (non-hydrogen) atoms. The topological polar surface area (TPSA) is 58.2 Å². The second-order valence-electron chi connectivity index (χ2n) is 8.98. The molecule has 3 saturated carbocycles. The molecule has 6 heteroatoms. The van der Waals surface area contributed by atoms with Crippen LogP contribution in [0.1, 0.15) is 77.0 Å². The van der Waals surface area contributed by atoms with Gasteiger partial charge in [-0.2, -0.15) is 23.5 Å². The summed E-state index contributed by atoms with van der Waals surface area (Å²) >= 11 is 3.89. The van der Waals surface area contributed by atoms with Crippen molar-refractivity contribution >= 4 is 35.3 Å². The third-order valence-corrected chi connectivity index (χ3v) is 9.45. The van der Waals surface area contributed by atoms with Crippen LogP contribution < -0.4 is 10.6 Å². The Morgan fingerprint density at radius 2 is 0.893 bits per heavy atom. The van der Waals surface area contributed by atoms with E-state index in [4.69, 9.17) is 0 Å². The molecule has 0 aliphatic heterocycles. The molecule has 0 aromatic carbocycles. The van der Waals surface area contributed by atoms with Crippen LogP contribution in [0, 0.1) is 11.8 Å². The van der Waals surface area contributed by atoms with Gasteiger partial charge in [-0.1, -0.05) is 0 Å². The second kappa shape index (κ2) is 11.1. The Balaban J connectivity index is 1.33. The van der Waals surface area contributed by atoms with E-state index in [-0.39, 0.29) is 23.7 Å². The molecule has 0 bridgehead atoms. The average Bonchev–Trinajstić information content (AvgIpc) is 2.75. The fraction of sp³-hybridized carbons (Fsp3) is 0.909. The first-order valence-electron chi connectivity index (χ1n) is 11.2. The molecule has 4 nitrogen and oxygen atoms in total. The standard InChI is InChI=1S/C22H38N2O2S2/c1-27-19-11-3-15(4-12-19)21(25)23-17-7-9-18(10-8-17)24-22(26)16-5-13-20(28-2)14-6-16/h15-20H,3-14H2,1-2H3,(H,23,25)(H,24,26). The van der Waals surface area contributed by atoms with Crippen molar-refractivity contribution in [1.29, 1.82) is 0 Å². The number of amides is 2. The maximum atomic E-state index is 12.6. The van der Waals surface area contributed by atoms with Crippen molar-refractivity contribution in [2.75, 3.05) is 12.5 Å². The maximum absolute atomic E-state index is 12.6. The van der Waals surface area contributed by atoms with Crippen molar-refractivity contribution in [2.24, 2.45) is 11.8 Å². The number of hydrogen-bond donors (Lipinski definition) is 2. The van der Waals surface area contributed by atoms with Crippen molar-refractivity contribution in [3.05, 3.63) is 0 Å². The van der Waals surface area contributed by atoms with E-state index in [0.29, 0.717) is 12.1 Å². The summed E-state index contributed by atoms with van der Waals surface area (Å²) in [6.45, 7) is 0. The van der Waals surface area contributed by atoms with Crippen molar-refractivity contribution in [3.63, 3.8) is 0 Å². The number of hydrogen-bond acceptors (Lipinski definition) is 4. The van der Waals surface area contributed by atoms with Crippen molar-refractivity contribution in [1.82, 2.24) is 10.6 Å². The van der Waals surface area contributed by atoms with Gasteiger partial charge in [0.2, 0.25) is 11.8 Å². The third kappa shape index (κ3) is 6.32. The Kier molecular flexibility index (Phi) is 8.89. The van der Waals surface area contributed by atoms with Gasteiger partial charge in [0.05, 0.1) is 0 Å². The Morgan fingerprint density at radius 3 is 1.18 bits per heavy atom. The van der Waals surface area contributed by atoms with Gasteiger partial charge in [0.25, 0.3) is 0 Å². The molecule has 3 rings (SSSR count). The highest BCUT2D eigenvalue weighted by molar-refractivity contribution is 7.99. The lowest BCUT2D eigenvalue weighted by molar-refractivity contribution is -0.128. The van der Waals surface area contributed by atoms with Gasteiger partial charge in [-0.15, -0.1) is 0 Å². The fourth-order valence-electron chi connectivity index (χ4n) is 5.14. The Labute approximate surface area is 179 Å². The Morgan fingerprint density at radius 1 is 0.571 bits per heavy atom.